The lowest BCUT2D eigenvalue weighted by molar-refractivity contribution is -0.126. The minimum atomic E-state index is 0.00922. The Morgan fingerprint density at radius 3 is 2.79 bits per heavy atom. The fourth-order valence-corrected chi connectivity index (χ4v) is 5.09. The van der Waals surface area contributed by atoms with E-state index in [1.165, 1.54) is 11.1 Å². The summed E-state index contributed by atoms with van der Waals surface area (Å²) in [5.41, 5.74) is 3.41. The van der Waals surface area contributed by atoms with Crippen molar-refractivity contribution < 1.29 is 9.32 Å². The third kappa shape index (κ3) is 7.32. The molecule has 1 aliphatic heterocycles. The van der Waals surface area contributed by atoms with Gasteiger partial charge in [0.05, 0.1) is 12.5 Å². The van der Waals surface area contributed by atoms with E-state index in [9.17, 15) is 4.79 Å². The van der Waals surface area contributed by atoms with Crippen LogP contribution in [0.4, 0.5) is 0 Å². The third-order valence-electron chi connectivity index (χ3n) is 5.96. The first-order chi connectivity index (χ1) is 16.6. The van der Waals surface area contributed by atoms with Crippen molar-refractivity contribution >= 4 is 29.3 Å². The molecule has 8 heteroatoms. The first-order valence-electron chi connectivity index (χ1n) is 11.8. The molecule has 1 amide bonds. The van der Waals surface area contributed by atoms with Crippen molar-refractivity contribution in [2.45, 2.75) is 38.5 Å². The maximum Gasteiger partial charge on any atom is 0.241 e. The number of aryl methyl sites for hydroxylation is 1. The van der Waals surface area contributed by atoms with Gasteiger partial charge in [0.2, 0.25) is 17.6 Å². The van der Waals surface area contributed by atoms with Gasteiger partial charge in [-0.05, 0) is 56.2 Å². The predicted octanol–water partition coefficient (Wildman–Crippen LogP) is 5.35. The van der Waals surface area contributed by atoms with Crippen LogP contribution in [0.5, 0.6) is 0 Å². The first kappa shape index (κ1) is 24.8. The van der Waals surface area contributed by atoms with Crippen molar-refractivity contribution in [1.82, 2.24) is 20.4 Å². The largest absolute Gasteiger partial charge is 0.356 e. The zero-order valence-electron chi connectivity index (χ0n) is 19.5. The number of benzene rings is 2. The van der Waals surface area contributed by atoms with Crippen molar-refractivity contribution in [2.24, 2.45) is 5.92 Å². The number of nitrogens with one attached hydrogen (secondary N) is 1. The lowest BCUT2D eigenvalue weighted by Crippen LogP contribution is -2.43. The molecule has 0 bridgehead atoms. The molecule has 3 aromatic rings. The van der Waals surface area contributed by atoms with Gasteiger partial charge in [-0.2, -0.15) is 16.7 Å². The van der Waals surface area contributed by atoms with Crippen LogP contribution < -0.4 is 5.32 Å². The molecule has 6 nitrogen and oxygen atoms in total. The Kier molecular flexibility index (Phi) is 9.02. The highest BCUT2D eigenvalue weighted by molar-refractivity contribution is 7.98. The summed E-state index contributed by atoms with van der Waals surface area (Å²) in [5.74, 6) is 3.34. The van der Waals surface area contributed by atoms with E-state index in [1.54, 1.807) is 0 Å². The Balaban J connectivity index is 1.16. The van der Waals surface area contributed by atoms with E-state index in [0.717, 1.165) is 54.4 Å². The van der Waals surface area contributed by atoms with E-state index < -0.39 is 0 Å². The summed E-state index contributed by atoms with van der Waals surface area (Å²) in [6.07, 6.45) is 2.88. The van der Waals surface area contributed by atoms with Crippen LogP contribution in [-0.2, 0) is 17.1 Å². The minimum absolute atomic E-state index is 0.00922. The number of likely N-dealkylation sites (tertiary alicyclic amines) is 1. The Hall–Kier alpha value is -2.35. The molecule has 180 valence electrons. The van der Waals surface area contributed by atoms with Crippen molar-refractivity contribution in [3.63, 3.8) is 0 Å². The van der Waals surface area contributed by atoms with Gasteiger partial charge in [-0.15, -0.1) is 0 Å². The molecular formula is C26H31ClN4O2S. The molecule has 1 unspecified atom stereocenters. The van der Waals surface area contributed by atoms with Crippen LogP contribution in [0.15, 0.2) is 53.1 Å². The monoisotopic (exact) mass is 498 g/mol. The number of nitrogens with zero attached hydrogens (tertiary/aromatic N) is 3. The number of aromatic nitrogens is 2. The molecule has 0 aliphatic carbocycles. The molecule has 1 saturated heterocycles. The number of carbonyl (C=O) groups is 1. The molecule has 34 heavy (non-hydrogen) atoms. The molecule has 1 aliphatic rings. The molecule has 1 N–H and O–H groups in total. The van der Waals surface area contributed by atoms with Crippen LogP contribution in [0.3, 0.4) is 0 Å². The van der Waals surface area contributed by atoms with E-state index >= 15 is 0 Å². The van der Waals surface area contributed by atoms with Crippen LogP contribution in [0, 0.1) is 12.8 Å². The van der Waals surface area contributed by atoms with E-state index in [1.807, 2.05) is 48.2 Å². The zero-order valence-corrected chi connectivity index (χ0v) is 21.1. The standard InChI is InChI=1S/C26H31ClN4O2S/c1-19-5-9-21(10-6-19)25-29-24(33-30-25)17-31-14-2-4-22(16-31)26(32)28-13-3-15-34-18-20-7-11-23(27)12-8-20/h5-12,22H,2-4,13-18H2,1H3,(H,28,32). The quantitative estimate of drug-likeness (QED) is 0.380. The fraction of sp³-hybridized carbons (Fsp3) is 0.423. The Morgan fingerprint density at radius 1 is 1.21 bits per heavy atom. The summed E-state index contributed by atoms with van der Waals surface area (Å²) in [6, 6.07) is 16.0. The fourth-order valence-electron chi connectivity index (χ4n) is 4.04. The Morgan fingerprint density at radius 2 is 2.00 bits per heavy atom. The summed E-state index contributed by atoms with van der Waals surface area (Å²) in [5, 5.41) is 8.01. The van der Waals surface area contributed by atoms with Crippen LogP contribution in [0.1, 0.15) is 36.3 Å². The van der Waals surface area contributed by atoms with E-state index in [0.29, 0.717) is 24.8 Å². The van der Waals surface area contributed by atoms with Gasteiger partial charge in [0, 0.05) is 29.4 Å². The molecule has 2 aromatic carbocycles. The van der Waals surface area contributed by atoms with Gasteiger partial charge in [0.15, 0.2) is 0 Å². The SMILES string of the molecule is Cc1ccc(-c2noc(CN3CCCC(C(=O)NCCCSCc4ccc(Cl)cc4)C3)n2)cc1. The molecule has 0 radical (unpaired) electrons. The summed E-state index contributed by atoms with van der Waals surface area (Å²) in [4.78, 5) is 19.5. The van der Waals surface area contributed by atoms with Crippen molar-refractivity contribution in [1.29, 1.82) is 0 Å². The van der Waals surface area contributed by atoms with Crippen LogP contribution in [0.2, 0.25) is 5.02 Å². The molecule has 2 heterocycles. The number of hydrogen-bond donors (Lipinski definition) is 1. The van der Waals surface area contributed by atoms with E-state index in [-0.39, 0.29) is 11.8 Å². The average molecular weight is 499 g/mol. The van der Waals surface area contributed by atoms with Crippen molar-refractivity contribution in [3.8, 4) is 11.4 Å². The maximum atomic E-state index is 12.7. The van der Waals surface area contributed by atoms with Gasteiger partial charge in [-0.3, -0.25) is 9.69 Å². The average Bonchev–Trinajstić information content (AvgIpc) is 3.31. The lowest BCUT2D eigenvalue weighted by Gasteiger charge is -2.30. The number of piperidine rings is 1. The normalized spacial score (nSPS) is 16.5. The molecule has 1 atom stereocenters. The second-order valence-corrected chi connectivity index (χ2v) is 10.3. The number of thioether (sulfide) groups is 1. The Labute approximate surface area is 210 Å². The van der Waals surface area contributed by atoms with E-state index in [2.05, 4.69) is 39.4 Å². The lowest BCUT2D eigenvalue weighted by atomic mass is 9.97. The Bertz CT molecular complexity index is 1060. The number of halogens is 1. The maximum absolute atomic E-state index is 12.7. The molecular weight excluding hydrogens is 468 g/mol. The molecule has 1 fully saturated rings. The highest BCUT2D eigenvalue weighted by atomic mass is 35.5. The van der Waals surface area contributed by atoms with Gasteiger partial charge >= 0.3 is 0 Å². The van der Waals surface area contributed by atoms with E-state index in [4.69, 9.17) is 16.1 Å². The summed E-state index contributed by atoms with van der Waals surface area (Å²) in [6.45, 7) is 5.00. The van der Waals surface area contributed by atoms with Gasteiger partial charge in [-0.25, -0.2) is 0 Å². The second-order valence-electron chi connectivity index (χ2n) is 8.78. The van der Waals surface area contributed by atoms with Crippen molar-refractivity contribution in [2.75, 3.05) is 25.4 Å². The summed E-state index contributed by atoms with van der Waals surface area (Å²) < 4.78 is 5.48. The van der Waals surface area contributed by atoms with Crippen LogP contribution in [-0.4, -0.2) is 46.3 Å². The third-order valence-corrected chi connectivity index (χ3v) is 7.33. The molecule has 0 spiro atoms. The number of carbonyl (C=O) groups excluding carboxylic acids is 1. The number of amides is 1. The van der Waals surface area contributed by atoms with Crippen LogP contribution >= 0.6 is 23.4 Å². The van der Waals surface area contributed by atoms with Gasteiger partial charge in [0.1, 0.15) is 0 Å². The van der Waals surface area contributed by atoms with Gasteiger partial charge in [-0.1, -0.05) is 58.7 Å². The number of hydrogen-bond acceptors (Lipinski definition) is 6. The summed E-state index contributed by atoms with van der Waals surface area (Å²) in [7, 11) is 0. The topological polar surface area (TPSA) is 71.3 Å². The summed E-state index contributed by atoms with van der Waals surface area (Å²) >= 11 is 7.80. The smallest absolute Gasteiger partial charge is 0.241 e. The highest BCUT2D eigenvalue weighted by Crippen LogP contribution is 2.21. The highest BCUT2D eigenvalue weighted by Gasteiger charge is 2.26. The van der Waals surface area contributed by atoms with Crippen molar-refractivity contribution in [3.05, 3.63) is 70.6 Å². The van der Waals surface area contributed by atoms with Gasteiger partial charge < -0.3 is 9.84 Å². The molecule has 1 aromatic heterocycles. The second kappa shape index (κ2) is 12.4. The van der Waals surface area contributed by atoms with Gasteiger partial charge in [0.25, 0.3) is 0 Å². The minimum Gasteiger partial charge on any atom is -0.356 e. The predicted molar refractivity (Wildman–Crippen MR) is 138 cm³/mol. The molecule has 0 saturated carbocycles. The zero-order chi connectivity index (χ0) is 23.8. The number of rotatable bonds is 10. The van der Waals surface area contributed by atoms with Crippen LogP contribution in [0.25, 0.3) is 11.4 Å². The molecule has 4 rings (SSSR count). The first-order valence-corrected chi connectivity index (χ1v) is 13.3.